The highest BCUT2D eigenvalue weighted by Crippen LogP contribution is 2.31. The first-order chi connectivity index (χ1) is 21.2. The van der Waals surface area contributed by atoms with Crippen LogP contribution in [0.1, 0.15) is 40.3 Å². The lowest BCUT2D eigenvalue weighted by Gasteiger charge is -2.31. The number of hydrogen-bond acceptors (Lipinski definition) is 6. The number of amides is 1. The second-order valence-corrected chi connectivity index (χ2v) is 11.3. The Morgan fingerprint density at radius 1 is 0.886 bits per heavy atom. The van der Waals surface area contributed by atoms with E-state index in [1.807, 2.05) is 80.6 Å². The summed E-state index contributed by atoms with van der Waals surface area (Å²) < 4.78 is 19.0. The maximum atomic E-state index is 14.3. The third kappa shape index (κ3) is 6.19. The molecule has 0 radical (unpaired) electrons. The summed E-state index contributed by atoms with van der Waals surface area (Å²) in [6.07, 6.45) is 0.524. The minimum Gasteiger partial charge on any atom is -0.495 e. The number of aromatic nitrogens is 2. The molecule has 5 rings (SSSR count). The Kier molecular flexibility index (Phi) is 9.35. The normalized spacial score (nSPS) is 11.7. The molecular weight excluding hydrogens is 622 g/mol. The van der Waals surface area contributed by atoms with Crippen molar-refractivity contribution in [2.45, 2.75) is 26.3 Å². The molecule has 0 aliphatic heterocycles. The average molecular weight is 657 g/mol. The fourth-order valence-electron chi connectivity index (χ4n) is 5.32. The molecule has 44 heavy (non-hydrogen) atoms. The number of aryl methyl sites for hydroxylation is 1. The summed E-state index contributed by atoms with van der Waals surface area (Å²) in [6, 6.07) is 25.3. The molecule has 0 N–H and O–H groups in total. The standard InChI is InChI=1S/C35H34BrN3O5/c1-22-13-15-30(42-3)29(19-22)39-33(37-28-12-7-6-11-27(28)35(39)41)23(2)38(34(40)25-9-8-10-26(36)21-25)18-17-24-14-16-31(43-4)32(20-24)44-5/h6-16,19-21,23H,17-18H2,1-5H3. The first kappa shape index (κ1) is 30.8. The lowest BCUT2D eigenvalue weighted by atomic mass is 10.1. The van der Waals surface area contributed by atoms with Gasteiger partial charge in [0.15, 0.2) is 11.5 Å². The number of halogens is 1. The van der Waals surface area contributed by atoms with E-state index in [9.17, 15) is 9.59 Å². The van der Waals surface area contributed by atoms with Crippen LogP contribution in [0.15, 0.2) is 94.2 Å². The predicted molar refractivity (Wildman–Crippen MR) is 175 cm³/mol. The molecule has 226 valence electrons. The number of rotatable bonds is 10. The lowest BCUT2D eigenvalue weighted by molar-refractivity contribution is 0.0683. The Bertz CT molecular complexity index is 1890. The first-order valence-corrected chi connectivity index (χ1v) is 15.0. The van der Waals surface area contributed by atoms with Gasteiger partial charge in [-0.05, 0) is 86.0 Å². The fourth-order valence-corrected chi connectivity index (χ4v) is 5.72. The molecule has 1 heterocycles. The predicted octanol–water partition coefficient (Wildman–Crippen LogP) is 6.93. The van der Waals surface area contributed by atoms with Gasteiger partial charge in [0.25, 0.3) is 11.5 Å². The zero-order valence-corrected chi connectivity index (χ0v) is 26.9. The quantitative estimate of drug-likeness (QED) is 0.162. The van der Waals surface area contributed by atoms with Crippen molar-refractivity contribution >= 4 is 32.7 Å². The summed E-state index contributed by atoms with van der Waals surface area (Å²) in [7, 11) is 4.76. The van der Waals surface area contributed by atoms with E-state index >= 15 is 0 Å². The highest BCUT2D eigenvalue weighted by Gasteiger charge is 2.29. The van der Waals surface area contributed by atoms with Gasteiger partial charge in [-0.2, -0.15) is 0 Å². The molecule has 1 unspecified atom stereocenters. The van der Waals surface area contributed by atoms with Gasteiger partial charge in [0.1, 0.15) is 11.6 Å². The van der Waals surface area contributed by atoms with Gasteiger partial charge in [-0.25, -0.2) is 4.98 Å². The van der Waals surface area contributed by atoms with Crippen LogP contribution < -0.4 is 19.8 Å². The van der Waals surface area contributed by atoms with E-state index in [-0.39, 0.29) is 11.5 Å². The number of nitrogens with zero attached hydrogens (tertiary/aromatic N) is 3. The topological polar surface area (TPSA) is 82.9 Å². The van der Waals surface area contributed by atoms with Gasteiger partial charge in [-0.1, -0.05) is 46.3 Å². The van der Waals surface area contributed by atoms with Crippen molar-refractivity contribution in [3.63, 3.8) is 0 Å². The summed E-state index contributed by atoms with van der Waals surface area (Å²) in [5.74, 6) is 2.00. The van der Waals surface area contributed by atoms with Crippen LogP contribution in [-0.4, -0.2) is 48.2 Å². The number of fused-ring (bicyclic) bond motifs is 1. The van der Waals surface area contributed by atoms with Gasteiger partial charge >= 0.3 is 0 Å². The van der Waals surface area contributed by atoms with Crippen LogP contribution in [0.5, 0.6) is 17.2 Å². The van der Waals surface area contributed by atoms with E-state index in [1.54, 1.807) is 49.0 Å². The molecular formula is C35H34BrN3O5. The van der Waals surface area contributed by atoms with Crippen LogP contribution in [0.3, 0.4) is 0 Å². The van der Waals surface area contributed by atoms with E-state index in [0.717, 1.165) is 15.6 Å². The van der Waals surface area contributed by atoms with E-state index in [4.69, 9.17) is 19.2 Å². The molecule has 0 saturated carbocycles. The molecule has 5 aromatic rings. The third-order valence-corrected chi connectivity index (χ3v) is 8.13. The maximum absolute atomic E-state index is 14.3. The number of carbonyl (C=O) groups excluding carboxylic acids is 1. The average Bonchev–Trinajstić information content (AvgIpc) is 3.04. The van der Waals surface area contributed by atoms with Crippen molar-refractivity contribution < 1.29 is 19.0 Å². The number of hydrogen-bond donors (Lipinski definition) is 0. The monoisotopic (exact) mass is 655 g/mol. The Morgan fingerprint density at radius 3 is 2.34 bits per heavy atom. The van der Waals surface area contributed by atoms with Crippen molar-refractivity contribution in [2.75, 3.05) is 27.9 Å². The van der Waals surface area contributed by atoms with Gasteiger partial charge in [0.05, 0.1) is 44.0 Å². The Balaban J connectivity index is 1.67. The van der Waals surface area contributed by atoms with E-state index < -0.39 is 6.04 Å². The van der Waals surface area contributed by atoms with Gasteiger partial charge < -0.3 is 19.1 Å². The Labute approximate surface area is 265 Å². The van der Waals surface area contributed by atoms with Crippen molar-refractivity contribution in [3.05, 3.63) is 122 Å². The second-order valence-electron chi connectivity index (χ2n) is 10.4. The Morgan fingerprint density at radius 2 is 1.61 bits per heavy atom. The molecule has 0 bridgehead atoms. The Hall–Kier alpha value is -4.63. The number of methoxy groups -OCH3 is 3. The number of ether oxygens (including phenoxy) is 3. The zero-order chi connectivity index (χ0) is 31.4. The molecule has 0 aliphatic carbocycles. The molecule has 1 atom stereocenters. The third-order valence-electron chi connectivity index (χ3n) is 7.64. The smallest absolute Gasteiger partial charge is 0.266 e. The van der Waals surface area contributed by atoms with E-state index in [1.165, 1.54) is 0 Å². The highest BCUT2D eigenvalue weighted by molar-refractivity contribution is 9.10. The van der Waals surface area contributed by atoms with Crippen LogP contribution >= 0.6 is 15.9 Å². The molecule has 8 nitrogen and oxygen atoms in total. The fraction of sp³-hybridized carbons (Fsp3) is 0.229. The SMILES string of the molecule is COc1ccc(CCN(C(=O)c2cccc(Br)c2)C(C)c2nc3ccccc3c(=O)n2-c2cc(C)ccc2OC)cc1OC. The van der Waals surface area contributed by atoms with Crippen LogP contribution in [0.4, 0.5) is 0 Å². The van der Waals surface area contributed by atoms with Gasteiger partial charge in [-0.15, -0.1) is 0 Å². The molecule has 0 aliphatic rings. The summed E-state index contributed by atoms with van der Waals surface area (Å²) in [5.41, 5.74) is 3.31. The second kappa shape index (κ2) is 13.3. The molecule has 0 fully saturated rings. The van der Waals surface area contributed by atoms with Crippen LogP contribution in [0, 0.1) is 6.92 Å². The molecule has 1 amide bonds. The summed E-state index contributed by atoms with van der Waals surface area (Å²) in [5, 5.41) is 0.474. The summed E-state index contributed by atoms with van der Waals surface area (Å²) >= 11 is 3.50. The van der Waals surface area contributed by atoms with Crippen molar-refractivity contribution in [3.8, 4) is 22.9 Å². The van der Waals surface area contributed by atoms with Crippen molar-refractivity contribution in [2.24, 2.45) is 0 Å². The lowest BCUT2D eigenvalue weighted by Crippen LogP contribution is -2.38. The highest BCUT2D eigenvalue weighted by atomic mass is 79.9. The van der Waals surface area contributed by atoms with E-state index in [0.29, 0.717) is 58.2 Å². The van der Waals surface area contributed by atoms with Gasteiger partial charge in [-0.3, -0.25) is 14.2 Å². The first-order valence-electron chi connectivity index (χ1n) is 14.2. The molecule has 9 heteroatoms. The van der Waals surface area contributed by atoms with Gasteiger partial charge in [0, 0.05) is 16.6 Å². The van der Waals surface area contributed by atoms with Gasteiger partial charge in [0.2, 0.25) is 0 Å². The van der Waals surface area contributed by atoms with Crippen LogP contribution in [-0.2, 0) is 6.42 Å². The number of para-hydroxylation sites is 1. The minimum atomic E-state index is -0.607. The number of benzene rings is 4. The van der Waals surface area contributed by atoms with Crippen molar-refractivity contribution in [1.29, 1.82) is 0 Å². The number of carbonyl (C=O) groups is 1. The molecule has 0 spiro atoms. The largest absolute Gasteiger partial charge is 0.495 e. The molecule has 1 aromatic heterocycles. The molecule has 0 saturated heterocycles. The summed E-state index contributed by atoms with van der Waals surface area (Å²) in [4.78, 5) is 35.2. The van der Waals surface area contributed by atoms with Crippen LogP contribution in [0.25, 0.3) is 16.6 Å². The molecule has 4 aromatic carbocycles. The summed E-state index contributed by atoms with van der Waals surface area (Å²) in [6.45, 7) is 4.20. The zero-order valence-electron chi connectivity index (χ0n) is 25.3. The van der Waals surface area contributed by atoms with Crippen LogP contribution in [0.2, 0.25) is 0 Å². The van der Waals surface area contributed by atoms with E-state index in [2.05, 4.69) is 15.9 Å². The minimum absolute atomic E-state index is 0.190. The van der Waals surface area contributed by atoms with Crippen molar-refractivity contribution in [1.82, 2.24) is 14.5 Å². The maximum Gasteiger partial charge on any atom is 0.266 e.